The Morgan fingerprint density at radius 3 is 2.62 bits per heavy atom. The predicted molar refractivity (Wildman–Crippen MR) is 112 cm³/mol. The maximum Gasteiger partial charge on any atom is 0.344 e. The summed E-state index contributed by atoms with van der Waals surface area (Å²) in [6.45, 7) is -0.984. The fourth-order valence-electron chi connectivity index (χ4n) is 2.35. The van der Waals surface area contributed by atoms with Crippen LogP contribution in [0.5, 0.6) is 11.5 Å². The predicted octanol–water partition coefficient (Wildman–Crippen LogP) is 1.40. The fraction of sp³-hybridized carbons (Fsp3) is 0.227. The first-order valence-electron chi connectivity index (χ1n) is 9.33. The Hall–Kier alpha value is -4.39. The highest BCUT2D eigenvalue weighted by Crippen LogP contribution is 2.28. The normalized spacial score (nSPS) is 11.2. The molecule has 10 nitrogen and oxygen atoms in total. The number of hydrogen-bond acceptors (Lipinski definition) is 8. The number of esters is 1. The van der Waals surface area contributed by atoms with Gasteiger partial charge in [-0.15, -0.1) is 0 Å². The van der Waals surface area contributed by atoms with E-state index < -0.39 is 25.0 Å². The number of fused-ring (bicyclic) bond motifs is 1. The van der Waals surface area contributed by atoms with Crippen molar-refractivity contribution in [3.8, 4) is 17.6 Å². The van der Waals surface area contributed by atoms with E-state index in [4.69, 9.17) is 19.5 Å². The second-order valence-corrected chi connectivity index (χ2v) is 6.60. The monoisotopic (exact) mass is 439 g/mol. The highest BCUT2D eigenvalue weighted by atomic mass is 16.6. The number of benzene rings is 2. The van der Waals surface area contributed by atoms with E-state index in [1.807, 2.05) is 6.07 Å². The van der Waals surface area contributed by atoms with E-state index in [-0.39, 0.29) is 23.8 Å². The van der Waals surface area contributed by atoms with Crippen LogP contribution in [0, 0.1) is 11.3 Å². The van der Waals surface area contributed by atoms with Crippen molar-refractivity contribution in [3.05, 3.63) is 53.6 Å². The Morgan fingerprint density at radius 2 is 1.94 bits per heavy atom. The molecule has 10 heteroatoms. The number of nitrogens with one attached hydrogen (secondary N) is 1. The Labute approximate surface area is 184 Å². The van der Waals surface area contributed by atoms with Gasteiger partial charge >= 0.3 is 5.97 Å². The third-order valence-corrected chi connectivity index (χ3v) is 3.86. The number of amides is 2. The van der Waals surface area contributed by atoms with Crippen molar-refractivity contribution in [2.45, 2.75) is 0 Å². The number of carbonyl (C=O) groups is 4. The molecule has 32 heavy (non-hydrogen) atoms. The summed E-state index contributed by atoms with van der Waals surface area (Å²) in [7, 11) is 3.38. The van der Waals surface area contributed by atoms with Crippen LogP contribution in [-0.4, -0.2) is 62.9 Å². The summed E-state index contributed by atoms with van der Waals surface area (Å²) in [4.78, 5) is 46.2. The number of rotatable bonds is 7. The van der Waals surface area contributed by atoms with Crippen LogP contribution in [0.1, 0.15) is 15.9 Å². The van der Waals surface area contributed by atoms with Gasteiger partial charge in [-0.3, -0.25) is 14.4 Å². The van der Waals surface area contributed by atoms with Gasteiger partial charge in [-0.25, -0.2) is 4.79 Å². The van der Waals surface area contributed by atoms with Crippen LogP contribution in [0.15, 0.2) is 42.5 Å². The lowest BCUT2D eigenvalue weighted by Gasteiger charge is -2.18. The van der Waals surface area contributed by atoms with Crippen LogP contribution in [0.25, 0.3) is 0 Å². The van der Waals surface area contributed by atoms with Gasteiger partial charge in [0.2, 0.25) is 6.41 Å². The van der Waals surface area contributed by atoms with E-state index in [1.54, 1.807) is 44.4 Å². The van der Waals surface area contributed by atoms with Crippen LogP contribution in [-0.2, 0) is 19.1 Å². The summed E-state index contributed by atoms with van der Waals surface area (Å²) in [5, 5.41) is 11.6. The van der Waals surface area contributed by atoms with Crippen molar-refractivity contribution in [1.82, 2.24) is 4.90 Å². The molecular weight excluding hydrogens is 418 g/mol. The van der Waals surface area contributed by atoms with Gasteiger partial charge in [-0.2, -0.15) is 5.26 Å². The molecule has 0 aliphatic carbocycles. The first-order chi connectivity index (χ1) is 15.3. The number of nitriles is 1. The van der Waals surface area contributed by atoms with Gasteiger partial charge in [0.25, 0.3) is 5.91 Å². The molecule has 0 bridgehead atoms. The smallest absolute Gasteiger partial charge is 0.344 e. The molecule has 0 saturated carbocycles. The molecule has 0 atom stereocenters. The maximum atomic E-state index is 12.2. The van der Waals surface area contributed by atoms with Gasteiger partial charge < -0.3 is 24.4 Å². The molecule has 0 aromatic heterocycles. The minimum absolute atomic E-state index is 0.0766. The molecule has 0 saturated heterocycles. The van der Waals surface area contributed by atoms with Crippen molar-refractivity contribution in [1.29, 1.82) is 5.26 Å². The van der Waals surface area contributed by atoms with Gasteiger partial charge in [-0.05, 0) is 30.3 Å². The summed E-state index contributed by atoms with van der Waals surface area (Å²) >= 11 is 0. The number of ketones is 1. The van der Waals surface area contributed by atoms with E-state index in [0.29, 0.717) is 17.0 Å². The van der Waals surface area contributed by atoms with Gasteiger partial charge in [-0.1, -0.05) is 12.1 Å². The van der Waals surface area contributed by atoms with E-state index in [9.17, 15) is 19.2 Å². The Morgan fingerprint density at radius 1 is 1.22 bits per heavy atom. The number of anilines is 1. The minimum Gasteiger partial charge on any atom is -0.482 e. The first-order valence-corrected chi connectivity index (χ1v) is 9.33. The fourth-order valence-corrected chi connectivity index (χ4v) is 2.35. The quantitative estimate of drug-likeness (QED) is 0.389. The van der Waals surface area contributed by atoms with E-state index in [0.717, 1.165) is 6.41 Å². The third-order valence-electron chi connectivity index (χ3n) is 3.86. The number of para-hydroxylation sites is 1. The Bertz CT molecular complexity index is 1040. The van der Waals surface area contributed by atoms with Crippen molar-refractivity contribution in [2.75, 3.05) is 39.2 Å². The van der Waals surface area contributed by atoms with Crippen molar-refractivity contribution in [2.24, 2.45) is 0 Å². The summed E-state index contributed by atoms with van der Waals surface area (Å²) in [5.74, 6) is -0.774. The Kier molecular flexibility index (Phi) is 8.74. The second-order valence-electron chi connectivity index (χ2n) is 6.60. The lowest BCUT2D eigenvalue weighted by atomic mass is 10.1. The summed E-state index contributed by atoms with van der Waals surface area (Å²) in [6.07, 6.45) is 0.750. The SMILES string of the molecule is CN(C)C=O.N#Cc1ccccc1OCC(=O)OCC(=O)c1ccc2c(c1)NC(=O)CO2. The average molecular weight is 439 g/mol. The summed E-state index contributed by atoms with van der Waals surface area (Å²) in [6, 6.07) is 12.9. The molecule has 166 valence electrons. The van der Waals surface area contributed by atoms with E-state index in [1.165, 1.54) is 17.0 Å². The topological polar surface area (TPSA) is 135 Å². The number of hydrogen-bond donors (Lipinski definition) is 1. The standard InChI is InChI=1S/C19H14N2O6.C3H7NO/c20-8-13-3-1-2-4-16(13)26-11-19(24)27-9-15(22)12-5-6-17-14(7-12)21-18(23)10-25-17;1-4(2)3-5/h1-7H,9-11H2,(H,21,23);3H,1-2H3. The van der Waals surface area contributed by atoms with Crippen LogP contribution in [0.4, 0.5) is 5.69 Å². The molecule has 2 amide bonds. The lowest BCUT2D eigenvalue weighted by Crippen LogP contribution is -2.25. The molecular formula is C22H21N3O7. The molecule has 2 aromatic carbocycles. The van der Waals surface area contributed by atoms with Crippen molar-refractivity contribution < 1.29 is 33.4 Å². The molecule has 0 fully saturated rings. The second kappa shape index (κ2) is 11.7. The zero-order chi connectivity index (χ0) is 23.5. The van der Waals surface area contributed by atoms with Crippen molar-refractivity contribution in [3.63, 3.8) is 0 Å². The van der Waals surface area contributed by atoms with Gasteiger partial charge in [0.15, 0.2) is 25.6 Å². The third kappa shape index (κ3) is 7.14. The molecule has 0 spiro atoms. The lowest BCUT2D eigenvalue weighted by molar-refractivity contribution is -0.144. The van der Waals surface area contributed by atoms with Gasteiger partial charge in [0, 0.05) is 19.7 Å². The average Bonchev–Trinajstić information content (AvgIpc) is 2.81. The molecule has 2 aromatic rings. The number of nitrogens with zero attached hydrogens (tertiary/aromatic N) is 2. The van der Waals surface area contributed by atoms with E-state index in [2.05, 4.69) is 5.32 Å². The Balaban J connectivity index is 0.000000654. The van der Waals surface area contributed by atoms with E-state index >= 15 is 0 Å². The zero-order valence-corrected chi connectivity index (χ0v) is 17.5. The molecule has 1 aliphatic rings. The van der Waals surface area contributed by atoms with Gasteiger partial charge in [0.1, 0.15) is 17.6 Å². The minimum atomic E-state index is -0.745. The molecule has 1 N–H and O–H groups in total. The van der Waals surface area contributed by atoms with Crippen LogP contribution in [0.3, 0.4) is 0 Å². The maximum absolute atomic E-state index is 12.2. The largest absolute Gasteiger partial charge is 0.482 e. The highest BCUT2D eigenvalue weighted by Gasteiger charge is 2.18. The van der Waals surface area contributed by atoms with Crippen molar-refractivity contribution >= 4 is 29.8 Å². The summed E-state index contributed by atoms with van der Waals surface area (Å²) < 4.78 is 15.4. The van der Waals surface area contributed by atoms with Crippen LogP contribution < -0.4 is 14.8 Å². The molecule has 0 unspecified atom stereocenters. The molecule has 1 heterocycles. The summed E-state index contributed by atoms with van der Waals surface area (Å²) in [5.41, 5.74) is 0.947. The number of Topliss-reactive ketones (excluding diaryl/α,β-unsaturated/α-hetero) is 1. The number of carbonyl (C=O) groups excluding carboxylic acids is 4. The van der Waals surface area contributed by atoms with Gasteiger partial charge in [0.05, 0.1) is 11.3 Å². The van der Waals surface area contributed by atoms with Crippen LogP contribution in [0.2, 0.25) is 0 Å². The number of ether oxygens (including phenoxy) is 3. The first kappa shape index (κ1) is 23.9. The highest BCUT2D eigenvalue weighted by molar-refractivity contribution is 6.01. The molecule has 0 radical (unpaired) electrons. The molecule has 3 rings (SSSR count). The molecule has 1 aliphatic heterocycles. The zero-order valence-electron chi connectivity index (χ0n) is 17.5. The van der Waals surface area contributed by atoms with Crippen LogP contribution >= 0.6 is 0 Å².